The van der Waals surface area contributed by atoms with Crippen LogP contribution in [0.5, 0.6) is 0 Å². The lowest BCUT2D eigenvalue weighted by molar-refractivity contribution is 0.573. The molecular weight excluding hydrogens is 182 g/mol. The summed E-state index contributed by atoms with van der Waals surface area (Å²) in [6.45, 7) is 2.24. The monoisotopic (exact) mass is 200 g/mol. The molecule has 0 spiro atoms. The molecule has 1 heteroatoms. The lowest BCUT2D eigenvalue weighted by atomic mass is 10.0. The molecule has 1 aliphatic heterocycles. The second-order valence-corrected chi connectivity index (χ2v) is 4.11. The van der Waals surface area contributed by atoms with Crippen LogP contribution >= 0.6 is 0 Å². The summed E-state index contributed by atoms with van der Waals surface area (Å²) >= 11 is 0. The predicted octanol–water partition coefficient (Wildman–Crippen LogP) is 3.90. The van der Waals surface area contributed by atoms with Crippen molar-refractivity contribution in [2.24, 2.45) is 0 Å². The standard InChI is InChI=1S/C14H18N/c1-2-3-4-8-13-11-10-12-7-5-6-9-14(12)15-13/h5-7,9-11,13H,2-4,8H2,1H3. The highest BCUT2D eigenvalue weighted by atomic mass is 14.9. The average Bonchev–Trinajstić information content (AvgIpc) is 2.29. The van der Waals surface area contributed by atoms with E-state index in [2.05, 4.69) is 43.3 Å². The Morgan fingerprint density at radius 2 is 2.07 bits per heavy atom. The molecule has 1 aromatic rings. The van der Waals surface area contributed by atoms with Crippen LogP contribution in [0.15, 0.2) is 30.3 Å². The first-order chi connectivity index (χ1) is 7.40. The highest BCUT2D eigenvalue weighted by Gasteiger charge is 2.12. The molecular formula is C14H18N. The molecule has 0 bridgehead atoms. The molecule has 2 rings (SSSR count). The molecule has 15 heavy (non-hydrogen) atoms. The Bertz CT molecular complexity index is 341. The van der Waals surface area contributed by atoms with Crippen LogP contribution in [0.25, 0.3) is 6.08 Å². The number of nitrogens with zero attached hydrogens (tertiary/aromatic N) is 1. The van der Waals surface area contributed by atoms with E-state index in [1.165, 1.54) is 31.2 Å². The zero-order valence-corrected chi connectivity index (χ0v) is 9.32. The lowest BCUT2D eigenvalue weighted by Gasteiger charge is -2.19. The Morgan fingerprint density at radius 1 is 1.20 bits per heavy atom. The molecule has 1 aromatic carbocycles. The summed E-state index contributed by atoms with van der Waals surface area (Å²) in [7, 11) is 0. The maximum atomic E-state index is 4.73. The van der Waals surface area contributed by atoms with E-state index in [1.807, 2.05) is 0 Å². The minimum Gasteiger partial charge on any atom is -0.277 e. The van der Waals surface area contributed by atoms with Crippen LogP contribution in [-0.4, -0.2) is 6.04 Å². The van der Waals surface area contributed by atoms with Crippen molar-refractivity contribution < 1.29 is 0 Å². The van der Waals surface area contributed by atoms with Crippen molar-refractivity contribution in [1.82, 2.24) is 5.32 Å². The second-order valence-electron chi connectivity index (χ2n) is 4.11. The van der Waals surface area contributed by atoms with Gasteiger partial charge in [-0.05, 0) is 18.1 Å². The fourth-order valence-corrected chi connectivity index (χ4v) is 1.95. The van der Waals surface area contributed by atoms with Gasteiger partial charge in [0.25, 0.3) is 0 Å². The van der Waals surface area contributed by atoms with Gasteiger partial charge in [-0.2, -0.15) is 0 Å². The van der Waals surface area contributed by atoms with Crippen LogP contribution in [-0.2, 0) is 0 Å². The number of rotatable bonds is 4. The third kappa shape index (κ3) is 2.62. The number of benzene rings is 1. The normalized spacial score (nSPS) is 18.3. The molecule has 0 N–H and O–H groups in total. The quantitative estimate of drug-likeness (QED) is 0.654. The van der Waals surface area contributed by atoms with Crippen molar-refractivity contribution in [3.8, 4) is 0 Å². The van der Waals surface area contributed by atoms with Crippen LogP contribution in [0, 0.1) is 0 Å². The molecule has 0 aliphatic carbocycles. The van der Waals surface area contributed by atoms with Gasteiger partial charge in [0, 0.05) is 0 Å². The first-order valence-corrected chi connectivity index (χ1v) is 5.88. The van der Waals surface area contributed by atoms with Gasteiger partial charge >= 0.3 is 0 Å². The SMILES string of the molecule is CCCCCC1C=Cc2ccccc2[N]1. The maximum absolute atomic E-state index is 4.73. The molecule has 1 nitrogen and oxygen atoms in total. The molecule has 0 fully saturated rings. The largest absolute Gasteiger partial charge is 0.277 e. The second kappa shape index (κ2) is 5.01. The summed E-state index contributed by atoms with van der Waals surface area (Å²) in [6, 6.07) is 8.76. The molecule has 0 saturated carbocycles. The van der Waals surface area contributed by atoms with E-state index < -0.39 is 0 Å². The van der Waals surface area contributed by atoms with Crippen LogP contribution in [0.4, 0.5) is 5.69 Å². The zero-order chi connectivity index (χ0) is 10.5. The highest BCUT2D eigenvalue weighted by molar-refractivity contribution is 5.66. The molecule has 1 atom stereocenters. The van der Waals surface area contributed by atoms with Crippen molar-refractivity contribution in [3.05, 3.63) is 35.9 Å². The molecule has 0 aromatic heterocycles. The topological polar surface area (TPSA) is 14.1 Å². The van der Waals surface area contributed by atoms with Gasteiger partial charge in [0.2, 0.25) is 0 Å². The van der Waals surface area contributed by atoms with Crippen molar-refractivity contribution in [1.29, 1.82) is 0 Å². The Hall–Kier alpha value is -1.24. The van der Waals surface area contributed by atoms with Crippen molar-refractivity contribution >= 4 is 11.8 Å². The summed E-state index contributed by atoms with van der Waals surface area (Å²) in [5.74, 6) is 0. The van der Waals surface area contributed by atoms with Crippen LogP contribution in [0.3, 0.4) is 0 Å². The van der Waals surface area contributed by atoms with E-state index >= 15 is 0 Å². The molecule has 79 valence electrons. The van der Waals surface area contributed by atoms with Gasteiger partial charge in [-0.25, -0.2) is 0 Å². The Kier molecular flexibility index (Phi) is 3.44. The Balaban J connectivity index is 1.94. The van der Waals surface area contributed by atoms with Crippen molar-refractivity contribution in [3.63, 3.8) is 0 Å². The van der Waals surface area contributed by atoms with Crippen LogP contribution in [0.2, 0.25) is 0 Å². The van der Waals surface area contributed by atoms with Gasteiger partial charge in [-0.1, -0.05) is 56.5 Å². The van der Waals surface area contributed by atoms with E-state index in [9.17, 15) is 0 Å². The number of fused-ring (bicyclic) bond motifs is 1. The molecule has 1 unspecified atom stereocenters. The van der Waals surface area contributed by atoms with E-state index in [1.54, 1.807) is 0 Å². The number of unbranched alkanes of at least 4 members (excludes halogenated alkanes) is 2. The van der Waals surface area contributed by atoms with Crippen LogP contribution in [0.1, 0.15) is 38.2 Å². The molecule has 0 saturated heterocycles. The Morgan fingerprint density at radius 3 is 2.93 bits per heavy atom. The molecule has 0 amide bonds. The zero-order valence-electron chi connectivity index (χ0n) is 9.32. The number of para-hydroxylation sites is 1. The van der Waals surface area contributed by atoms with Gasteiger partial charge in [0.1, 0.15) is 0 Å². The van der Waals surface area contributed by atoms with Gasteiger partial charge in [0.15, 0.2) is 0 Å². The predicted molar refractivity (Wildman–Crippen MR) is 65.2 cm³/mol. The molecule has 1 radical (unpaired) electrons. The smallest absolute Gasteiger partial charge is 0.0690 e. The summed E-state index contributed by atoms with van der Waals surface area (Å²) in [5.41, 5.74) is 2.41. The van der Waals surface area contributed by atoms with Crippen LogP contribution < -0.4 is 5.32 Å². The van der Waals surface area contributed by atoms with Gasteiger partial charge in [0.05, 0.1) is 11.7 Å². The van der Waals surface area contributed by atoms with Crippen molar-refractivity contribution in [2.45, 2.75) is 38.6 Å². The summed E-state index contributed by atoms with van der Waals surface area (Å²) in [5, 5.41) is 4.73. The fourth-order valence-electron chi connectivity index (χ4n) is 1.95. The summed E-state index contributed by atoms with van der Waals surface area (Å²) in [4.78, 5) is 0. The van der Waals surface area contributed by atoms with Gasteiger partial charge < -0.3 is 0 Å². The molecule has 1 aliphatic rings. The third-order valence-electron chi connectivity index (χ3n) is 2.84. The maximum Gasteiger partial charge on any atom is 0.0690 e. The summed E-state index contributed by atoms with van der Waals surface area (Å²) < 4.78 is 0. The highest BCUT2D eigenvalue weighted by Crippen LogP contribution is 2.24. The number of hydrogen-bond acceptors (Lipinski definition) is 0. The summed E-state index contributed by atoms with van der Waals surface area (Å²) in [6.07, 6.45) is 9.53. The minimum absolute atomic E-state index is 0.409. The minimum atomic E-state index is 0.409. The first kappa shape index (κ1) is 10.3. The van der Waals surface area contributed by atoms with E-state index in [0.717, 1.165) is 5.69 Å². The van der Waals surface area contributed by atoms with E-state index in [0.29, 0.717) is 6.04 Å². The number of hydrogen-bond donors (Lipinski definition) is 0. The first-order valence-electron chi connectivity index (χ1n) is 5.88. The third-order valence-corrected chi connectivity index (χ3v) is 2.84. The van der Waals surface area contributed by atoms with E-state index in [4.69, 9.17) is 5.32 Å². The fraction of sp³-hybridized carbons (Fsp3) is 0.429. The van der Waals surface area contributed by atoms with Gasteiger partial charge in [-0.3, -0.25) is 5.32 Å². The Labute approximate surface area is 92.2 Å². The molecule has 1 heterocycles. The van der Waals surface area contributed by atoms with Crippen molar-refractivity contribution in [2.75, 3.05) is 0 Å². The van der Waals surface area contributed by atoms with E-state index in [-0.39, 0.29) is 0 Å². The lowest BCUT2D eigenvalue weighted by Crippen LogP contribution is -2.18. The van der Waals surface area contributed by atoms with Gasteiger partial charge in [-0.15, -0.1) is 0 Å². The average molecular weight is 200 g/mol.